The van der Waals surface area contributed by atoms with E-state index in [9.17, 15) is 18.8 Å². The highest BCUT2D eigenvalue weighted by atomic mass is 19.1. The molecule has 8 nitrogen and oxygen atoms in total. The van der Waals surface area contributed by atoms with Gasteiger partial charge in [-0.1, -0.05) is 6.07 Å². The number of nitrogens with zero attached hydrogens (tertiary/aromatic N) is 3. The molecule has 1 aliphatic heterocycles. The lowest BCUT2D eigenvalue weighted by Gasteiger charge is -2.21. The quantitative estimate of drug-likeness (QED) is 0.558. The van der Waals surface area contributed by atoms with Crippen LogP contribution in [0.3, 0.4) is 0 Å². The molecule has 0 radical (unpaired) electrons. The fraction of sp³-hybridized carbons (Fsp3) is 0.167. The molecule has 168 valence electrons. The Hall–Kier alpha value is -4.27. The second-order valence-electron chi connectivity index (χ2n) is 7.42. The van der Waals surface area contributed by atoms with Gasteiger partial charge >= 0.3 is 6.03 Å². The zero-order chi connectivity index (χ0) is 23.4. The number of aromatic nitrogens is 1. The van der Waals surface area contributed by atoms with Crippen LogP contribution in [-0.4, -0.2) is 40.9 Å². The number of benzene rings is 2. The molecule has 0 unspecified atom stereocenters. The van der Waals surface area contributed by atoms with E-state index >= 15 is 0 Å². The Morgan fingerprint density at radius 2 is 1.82 bits per heavy atom. The van der Waals surface area contributed by atoms with Crippen LogP contribution in [0.1, 0.15) is 12.0 Å². The lowest BCUT2D eigenvalue weighted by Crippen LogP contribution is -2.37. The number of rotatable bonds is 7. The van der Waals surface area contributed by atoms with Crippen molar-refractivity contribution < 1.29 is 23.5 Å². The number of nitrogens with one attached hydrogen (secondary N) is 1. The minimum atomic E-state index is -1.03. The number of imide groups is 1. The van der Waals surface area contributed by atoms with Crippen molar-refractivity contribution in [3.05, 3.63) is 84.4 Å². The van der Waals surface area contributed by atoms with Crippen LogP contribution in [0.4, 0.5) is 20.6 Å². The Labute approximate surface area is 189 Å². The highest BCUT2D eigenvalue weighted by Gasteiger charge is 2.46. The van der Waals surface area contributed by atoms with Gasteiger partial charge in [0, 0.05) is 24.6 Å². The van der Waals surface area contributed by atoms with Crippen LogP contribution in [0.2, 0.25) is 0 Å². The molecule has 33 heavy (non-hydrogen) atoms. The van der Waals surface area contributed by atoms with Gasteiger partial charge < -0.3 is 15.0 Å². The number of anilines is 2. The third kappa shape index (κ3) is 4.82. The minimum absolute atomic E-state index is 0.0938. The molecule has 1 aromatic heterocycles. The van der Waals surface area contributed by atoms with Gasteiger partial charge in [-0.25, -0.2) is 14.1 Å². The summed E-state index contributed by atoms with van der Waals surface area (Å²) < 4.78 is 18.5. The second kappa shape index (κ2) is 9.47. The first-order chi connectivity index (χ1) is 16.0. The zero-order valence-electron chi connectivity index (χ0n) is 17.8. The summed E-state index contributed by atoms with van der Waals surface area (Å²) in [5.74, 6) is -0.827. The van der Waals surface area contributed by atoms with Crippen molar-refractivity contribution in [1.82, 2.24) is 9.88 Å². The number of urea groups is 1. The SMILES string of the molecule is COc1ccc(NC(=O)C[C@@H]2C(=O)N(c3ccc(F)cc3)C(=O)N2Cc2cccnc2)cc1. The van der Waals surface area contributed by atoms with E-state index in [4.69, 9.17) is 4.74 Å². The topological polar surface area (TPSA) is 91.8 Å². The Morgan fingerprint density at radius 1 is 1.09 bits per heavy atom. The number of hydrogen-bond acceptors (Lipinski definition) is 5. The van der Waals surface area contributed by atoms with Gasteiger partial charge in [0.25, 0.3) is 5.91 Å². The van der Waals surface area contributed by atoms with Gasteiger partial charge in [0.15, 0.2) is 0 Å². The van der Waals surface area contributed by atoms with Crippen molar-refractivity contribution in [3.8, 4) is 5.75 Å². The third-order valence-corrected chi connectivity index (χ3v) is 5.23. The Bertz CT molecular complexity index is 1150. The van der Waals surface area contributed by atoms with E-state index in [-0.39, 0.29) is 18.7 Å². The van der Waals surface area contributed by atoms with E-state index in [2.05, 4.69) is 10.3 Å². The van der Waals surface area contributed by atoms with Crippen LogP contribution in [0, 0.1) is 5.82 Å². The van der Waals surface area contributed by atoms with Gasteiger partial charge in [-0.2, -0.15) is 0 Å². The molecule has 4 rings (SSSR count). The molecule has 1 aliphatic rings. The summed E-state index contributed by atoms with van der Waals surface area (Å²) in [5.41, 5.74) is 1.48. The summed E-state index contributed by atoms with van der Waals surface area (Å²) in [7, 11) is 1.54. The average molecular weight is 448 g/mol. The molecular weight excluding hydrogens is 427 g/mol. The Balaban J connectivity index is 1.57. The van der Waals surface area contributed by atoms with Crippen LogP contribution in [0.15, 0.2) is 73.1 Å². The van der Waals surface area contributed by atoms with E-state index in [0.29, 0.717) is 17.0 Å². The molecule has 1 atom stereocenters. The van der Waals surface area contributed by atoms with E-state index < -0.39 is 29.7 Å². The van der Waals surface area contributed by atoms with Gasteiger partial charge in [-0.15, -0.1) is 0 Å². The Morgan fingerprint density at radius 3 is 2.45 bits per heavy atom. The summed E-state index contributed by atoms with van der Waals surface area (Å²) in [6, 6.07) is 13.7. The van der Waals surface area contributed by atoms with Crippen molar-refractivity contribution >= 4 is 29.2 Å². The molecular formula is C24H21FN4O4. The van der Waals surface area contributed by atoms with Gasteiger partial charge in [0.05, 0.1) is 19.2 Å². The maximum atomic E-state index is 13.4. The molecule has 3 aromatic rings. The maximum absolute atomic E-state index is 13.4. The van der Waals surface area contributed by atoms with Crippen LogP contribution in [0.25, 0.3) is 0 Å². The predicted molar refractivity (Wildman–Crippen MR) is 119 cm³/mol. The fourth-order valence-corrected chi connectivity index (χ4v) is 3.59. The smallest absolute Gasteiger partial charge is 0.332 e. The second-order valence-corrected chi connectivity index (χ2v) is 7.42. The highest BCUT2D eigenvalue weighted by molar-refractivity contribution is 6.22. The number of ether oxygens (including phenoxy) is 1. The first kappa shape index (κ1) is 21.9. The lowest BCUT2D eigenvalue weighted by atomic mass is 10.1. The van der Waals surface area contributed by atoms with Crippen molar-refractivity contribution in [1.29, 1.82) is 0 Å². The molecule has 0 aliphatic carbocycles. The predicted octanol–water partition coefficient (Wildman–Crippen LogP) is 3.60. The lowest BCUT2D eigenvalue weighted by molar-refractivity contribution is -0.124. The Kier molecular flexibility index (Phi) is 6.30. The van der Waals surface area contributed by atoms with Gasteiger partial charge in [0.2, 0.25) is 5.91 Å². The highest BCUT2D eigenvalue weighted by Crippen LogP contribution is 2.29. The molecule has 1 N–H and O–H groups in total. The normalized spacial score (nSPS) is 15.6. The summed E-state index contributed by atoms with van der Waals surface area (Å²) in [6.07, 6.45) is 2.95. The first-order valence-electron chi connectivity index (χ1n) is 10.2. The first-order valence-corrected chi connectivity index (χ1v) is 10.2. The van der Waals surface area contributed by atoms with Gasteiger partial charge in [-0.3, -0.25) is 14.6 Å². The average Bonchev–Trinajstić information content (AvgIpc) is 3.05. The van der Waals surface area contributed by atoms with Gasteiger partial charge in [-0.05, 0) is 60.2 Å². The summed E-state index contributed by atoms with van der Waals surface area (Å²) in [6.45, 7) is 0.0938. The molecule has 1 saturated heterocycles. The largest absolute Gasteiger partial charge is 0.497 e. The molecule has 2 heterocycles. The van der Waals surface area contributed by atoms with Crippen LogP contribution < -0.4 is 15.0 Å². The maximum Gasteiger partial charge on any atom is 0.332 e. The van der Waals surface area contributed by atoms with Crippen molar-refractivity contribution in [2.75, 3.05) is 17.3 Å². The number of hydrogen-bond donors (Lipinski definition) is 1. The molecule has 0 saturated carbocycles. The third-order valence-electron chi connectivity index (χ3n) is 5.23. The number of carbonyl (C=O) groups excluding carboxylic acids is 3. The van der Waals surface area contributed by atoms with Crippen LogP contribution >= 0.6 is 0 Å². The minimum Gasteiger partial charge on any atom is -0.497 e. The number of amides is 4. The monoisotopic (exact) mass is 448 g/mol. The van der Waals surface area contributed by atoms with Gasteiger partial charge in [0.1, 0.15) is 17.6 Å². The van der Waals surface area contributed by atoms with Crippen molar-refractivity contribution in [2.24, 2.45) is 0 Å². The number of halogens is 1. The summed E-state index contributed by atoms with van der Waals surface area (Å²) in [4.78, 5) is 45.5. The van der Waals surface area contributed by atoms with Crippen molar-refractivity contribution in [2.45, 2.75) is 19.0 Å². The number of carbonyl (C=O) groups is 3. The number of methoxy groups -OCH3 is 1. The zero-order valence-corrected chi connectivity index (χ0v) is 17.8. The summed E-state index contributed by atoms with van der Waals surface area (Å²) in [5, 5.41) is 2.74. The standard InChI is InChI=1S/C24H21FN4O4/c1-33-20-10-6-18(7-11-20)27-22(30)13-21-23(31)29(19-8-4-17(25)5-9-19)24(32)28(21)15-16-3-2-12-26-14-16/h2-12,14,21H,13,15H2,1H3,(H,27,30)/t21-/m1/s1. The van der Waals surface area contributed by atoms with Crippen molar-refractivity contribution in [3.63, 3.8) is 0 Å². The summed E-state index contributed by atoms with van der Waals surface area (Å²) >= 11 is 0. The van der Waals surface area contributed by atoms with E-state index in [0.717, 1.165) is 4.90 Å². The van der Waals surface area contributed by atoms with Crippen LogP contribution in [0.5, 0.6) is 5.75 Å². The molecule has 0 spiro atoms. The number of pyridine rings is 1. The van der Waals surface area contributed by atoms with E-state index in [1.54, 1.807) is 55.9 Å². The molecule has 1 fully saturated rings. The fourth-order valence-electron chi connectivity index (χ4n) is 3.59. The molecule has 2 aromatic carbocycles. The molecule has 0 bridgehead atoms. The van der Waals surface area contributed by atoms with E-state index in [1.165, 1.54) is 29.2 Å². The molecule has 4 amide bonds. The van der Waals surface area contributed by atoms with E-state index in [1.807, 2.05) is 0 Å². The molecule has 9 heteroatoms. The van der Waals surface area contributed by atoms with Crippen LogP contribution in [-0.2, 0) is 16.1 Å².